The van der Waals surface area contributed by atoms with Crippen LogP contribution in [0.15, 0.2) is 16.8 Å². The summed E-state index contributed by atoms with van der Waals surface area (Å²) in [4.78, 5) is 4.99. The van der Waals surface area contributed by atoms with E-state index in [1.165, 1.54) is 12.1 Å². The Balaban J connectivity index is 2.84. The fourth-order valence-electron chi connectivity index (χ4n) is 3.07. The molecule has 6 nitrogen and oxygen atoms in total. The molecule has 1 aliphatic heterocycles. The van der Waals surface area contributed by atoms with Gasteiger partial charge in [0.25, 0.3) is 0 Å². The summed E-state index contributed by atoms with van der Waals surface area (Å²) >= 11 is 1.95. The number of amidine groups is 1. The molecular formula is C23H47N5OS. The number of rotatable bonds is 12. The molecule has 1 aliphatic rings. The second-order valence-corrected chi connectivity index (χ2v) is 11.2. The highest BCUT2D eigenvalue weighted by atomic mass is 32.2. The first-order valence-corrected chi connectivity index (χ1v) is 12.7. The molecule has 0 saturated carbocycles. The average Bonchev–Trinajstić information content (AvgIpc) is 2.64. The van der Waals surface area contributed by atoms with Crippen LogP contribution in [0.5, 0.6) is 0 Å². The molecule has 0 aromatic heterocycles. The van der Waals surface area contributed by atoms with E-state index >= 15 is 0 Å². The van der Waals surface area contributed by atoms with Crippen LogP contribution in [0.25, 0.3) is 0 Å². The van der Waals surface area contributed by atoms with Gasteiger partial charge in [-0.15, -0.1) is 0 Å². The van der Waals surface area contributed by atoms with E-state index in [4.69, 9.17) is 9.73 Å². The molecule has 0 bridgehead atoms. The number of thioether (sulfide) groups is 1. The lowest BCUT2D eigenvalue weighted by atomic mass is 10.1. The number of nitrogens with one attached hydrogen (secondary N) is 4. The molecule has 4 N–H and O–H groups in total. The van der Waals surface area contributed by atoms with Crippen molar-refractivity contribution >= 4 is 17.6 Å². The third-order valence-electron chi connectivity index (χ3n) is 4.56. The largest absolute Gasteiger partial charge is 0.387 e. The van der Waals surface area contributed by atoms with Gasteiger partial charge in [0.15, 0.2) is 0 Å². The van der Waals surface area contributed by atoms with Crippen LogP contribution >= 0.6 is 11.8 Å². The number of ether oxygens (including phenoxy) is 1. The summed E-state index contributed by atoms with van der Waals surface area (Å²) in [5, 5.41) is 7.65. The highest BCUT2D eigenvalue weighted by Gasteiger charge is 2.16. The van der Waals surface area contributed by atoms with Gasteiger partial charge in [0.2, 0.25) is 0 Å². The fraction of sp³-hybridized carbons (Fsp3) is 0.870. The van der Waals surface area contributed by atoms with E-state index < -0.39 is 0 Å². The first-order chi connectivity index (χ1) is 14.1. The Morgan fingerprint density at radius 3 is 2.47 bits per heavy atom. The molecule has 0 aromatic rings. The lowest BCUT2D eigenvalue weighted by Gasteiger charge is -2.26. The third kappa shape index (κ3) is 12.8. The lowest BCUT2D eigenvalue weighted by molar-refractivity contribution is -0.0143. The molecule has 0 aliphatic carbocycles. The van der Waals surface area contributed by atoms with Gasteiger partial charge >= 0.3 is 0 Å². The third-order valence-corrected chi connectivity index (χ3v) is 5.65. The van der Waals surface area contributed by atoms with E-state index in [2.05, 4.69) is 83.0 Å². The Morgan fingerprint density at radius 2 is 1.90 bits per heavy atom. The van der Waals surface area contributed by atoms with Crippen molar-refractivity contribution in [2.45, 2.75) is 97.7 Å². The minimum Gasteiger partial charge on any atom is -0.387 e. The SMILES string of the molecule is CCSC(C)/C(=C\C(=N/[C@H](C)CNNC1CCCCO1)NC(C)(C)C)NCC(C)C. The molecule has 0 aromatic carbocycles. The van der Waals surface area contributed by atoms with Gasteiger partial charge in [-0.2, -0.15) is 11.8 Å². The molecule has 0 spiro atoms. The van der Waals surface area contributed by atoms with E-state index in [0.717, 1.165) is 44.1 Å². The van der Waals surface area contributed by atoms with Crippen LogP contribution < -0.4 is 21.5 Å². The summed E-state index contributed by atoms with van der Waals surface area (Å²) in [6.45, 7) is 20.2. The van der Waals surface area contributed by atoms with Crippen molar-refractivity contribution in [2.75, 3.05) is 25.4 Å². The van der Waals surface area contributed by atoms with Crippen molar-refractivity contribution in [3.8, 4) is 0 Å². The summed E-state index contributed by atoms with van der Waals surface area (Å²) in [5.74, 6) is 2.62. The van der Waals surface area contributed by atoms with Crippen molar-refractivity contribution in [2.24, 2.45) is 10.9 Å². The molecule has 176 valence electrons. The first kappa shape index (κ1) is 27.3. The molecule has 1 saturated heterocycles. The topological polar surface area (TPSA) is 69.7 Å². The fourth-order valence-corrected chi connectivity index (χ4v) is 3.90. The maximum atomic E-state index is 5.71. The Hall–Kier alpha value is -0.760. The van der Waals surface area contributed by atoms with Gasteiger partial charge in [-0.1, -0.05) is 20.8 Å². The Labute approximate surface area is 189 Å². The second kappa shape index (κ2) is 14.3. The Bertz CT molecular complexity index is 524. The van der Waals surface area contributed by atoms with Crippen LogP contribution in [0.1, 0.15) is 74.7 Å². The molecule has 1 fully saturated rings. The van der Waals surface area contributed by atoms with E-state index in [9.17, 15) is 0 Å². The predicted molar refractivity (Wildman–Crippen MR) is 133 cm³/mol. The molecule has 2 unspecified atom stereocenters. The van der Waals surface area contributed by atoms with Crippen LogP contribution in [0.2, 0.25) is 0 Å². The van der Waals surface area contributed by atoms with Crippen LogP contribution in [0.3, 0.4) is 0 Å². The van der Waals surface area contributed by atoms with Crippen molar-refractivity contribution in [3.05, 3.63) is 11.8 Å². The van der Waals surface area contributed by atoms with Gasteiger partial charge in [-0.3, -0.25) is 10.4 Å². The second-order valence-electron chi connectivity index (χ2n) is 9.59. The molecule has 30 heavy (non-hydrogen) atoms. The zero-order valence-electron chi connectivity index (χ0n) is 20.6. The van der Waals surface area contributed by atoms with Crippen LogP contribution in [-0.4, -0.2) is 54.3 Å². The highest BCUT2D eigenvalue weighted by molar-refractivity contribution is 8.00. The minimum absolute atomic E-state index is 0.0546. The van der Waals surface area contributed by atoms with Crippen molar-refractivity contribution in [1.29, 1.82) is 0 Å². The predicted octanol–water partition coefficient (Wildman–Crippen LogP) is 4.05. The number of nitrogens with zero attached hydrogens (tertiary/aromatic N) is 1. The van der Waals surface area contributed by atoms with Crippen LogP contribution in [0.4, 0.5) is 0 Å². The van der Waals surface area contributed by atoms with Crippen LogP contribution in [-0.2, 0) is 4.74 Å². The normalized spacial score (nSPS) is 20.9. The maximum absolute atomic E-state index is 5.71. The molecular weight excluding hydrogens is 394 g/mol. The van der Waals surface area contributed by atoms with Gasteiger partial charge in [0, 0.05) is 42.3 Å². The molecule has 7 heteroatoms. The van der Waals surface area contributed by atoms with Gasteiger partial charge in [0.1, 0.15) is 12.1 Å². The molecule has 0 radical (unpaired) electrons. The van der Waals surface area contributed by atoms with E-state index in [0.29, 0.717) is 11.2 Å². The Morgan fingerprint density at radius 1 is 1.17 bits per heavy atom. The van der Waals surface area contributed by atoms with Gasteiger partial charge < -0.3 is 15.4 Å². The monoisotopic (exact) mass is 441 g/mol. The summed E-state index contributed by atoms with van der Waals surface area (Å²) in [6.07, 6.45) is 5.75. The summed E-state index contributed by atoms with van der Waals surface area (Å²) in [5.41, 5.74) is 7.78. The number of hydrazine groups is 1. The molecule has 0 amide bonds. The van der Waals surface area contributed by atoms with Crippen LogP contribution in [0, 0.1) is 5.92 Å². The summed E-state index contributed by atoms with van der Waals surface area (Å²) in [6, 6.07) is 0.127. The lowest BCUT2D eigenvalue weighted by Crippen LogP contribution is -2.46. The highest BCUT2D eigenvalue weighted by Crippen LogP contribution is 2.17. The Kier molecular flexibility index (Phi) is 13.0. The standard InChI is InChI=1S/C23H47N5OS/c1-9-30-19(5)20(24-15-17(2)3)14-21(27-23(6,7)8)26-18(4)16-25-28-22-12-10-11-13-29-22/h14,17-19,22,24-25,28H,9-13,15-16H2,1-8H3,(H,26,27)/b20-14+/t18-,19?,22?/m1/s1. The number of hydrogen-bond acceptors (Lipinski definition) is 6. The first-order valence-electron chi connectivity index (χ1n) is 11.6. The molecule has 1 rings (SSSR count). The van der Waals surface area contributed by atoms with E-state index in [-0.39, 0.29) is 17.8 Å². The van der Waals surface area contributed by atoms with E-state index in [1.54, 1.807) is 0 Å². The smallest absolute Gasteiger partial charge is 0.123 e. The van der Waals surface area contributed by atoms with E-state index in [1.807, 2.05) is 11.8 Å². The van der Waals surface area contributed by atoms with Crippen molar-refractivity contribution < 1.29 is 4.74 Å². The molecule has 3 atom stereocenters. The quantitative estimate of drug-likeness (QED) is 0.208. The number of hydrogen-bond donors (Lipinski definition) is 4. The van der Waals surface area contributed by atoms with Gasteiger partial charge in [0.05, 0.1) is 6.04 Å². The van der Waals surface area contributed by atoms with Gasteiger partial charge in [-0.25, -0.2) is 5.43 Å². The zero-order chi connectivity index (χ0) is 22.6. The maximum Gasteiger partial charge on any atom is 0.123 e. The zero-order valence-corrected chi connectivity index (χ0v) is 21.4. The van der Waals surface area contributed by atoms with Crippen molar-refractivity contribution in [3.63, 3.8) is 0 Å². The van der Waals surface area contributed by atoms with Crippen molar-refractivity contribution in [1.82, 2.24) is 21.5 Å². The summed E-state index contributed by atoms with van der Waals surface area (Å²) < 4.78 is 5.71. The van der Waals surface area contributed by atoms with Gasteiger partial charge in [-0.05, 0) is 65.6 Å². The average molecular weight is 442 g/mol. The number of aliphatic imine (C=N–C) groups is 1. The summed E-state index contributed by atoms with van der Waals surface area (Å²) in [7, 11) is 0. The molecule has 1 heterocycles. The minimum atomic E-state index is -0.0546.